The second kappa shape index (κ2) is 9.92. The Morgan fingerprint density at radius 1 is 1.10 bits per heavy atom. The van der Waals surface area contributed by atoms with Crippen molar-refractivity contribution >= 4 is 11.8 Å². The molecule has 1 unspecified atom stereocenters. The largest absolute Gasteiger partial charge is 0.356 e. The van der Waals surface area contributed by atoms with Crippen LogP contribution in [0.25, 0.3) is 11.4 Å². The van der Waals surface area contributed by atoms with Crippen LogP contribution in [0, 0.1) is 0 Å². The van der Waals surface area contributed by atoms with Gasteiger partial charge in [0, 0.05) is 67.9 Å². The molecule has 0 aliphatic carbocycles. The Morgan fingerprint density at radius 2 is 1.97 bits per heavy atom. The SMILES string of the molecule is O=C1CCN(C(=O)c2ccncc2)CCCC(c2nc(-c3cccnc3)no2)CCN1. The van der Waals surface area contributed by atoms with E-state index in [1.807, 2.05) is 12.1 Å². The molecule has 160 valence electrons. The number of carbonyl (C=O) groups excluding carboxylic acids is 2. The molecule has 1 fully saturated rings. The van der Waals surface area contributed by atoms with E-state index in [4.69, 9.17) is 4.52 Å². The predicted molar refractivity (Wildman–Crippen MR) is 112 cm³/mol. The van der Waals surface area contributed by atoms with E-state index < -0.39 is 0 Å². The molecular weight excluding hydrogens is 396 g/mol. The molecule has 1 atom stereocenters. The van der Waals surface area contributed by atoms with Gasteiger partial charge in [-0.25, -0.2) is 0 Å². The summed E-state index contributed by atoms with van der Waals surface area (Å²) in [5, 5.41) is 7.02. The van der Waals surface area contributed by atoms with Gasteiger partial charge in [0.25, 0.3) is 5.91 Å². The summed E-state index contributed by atoms with van der Waals surface area (Å²) in [5.41, 5.74) is 1.36. The number of amides is 2. The van der Waals surface area contributed by atoms with Gasteiger partial charge in [0.1, 0.15) is 0 Å². The summed E-state index contributed by atoms with van der Waals surface area (Å²) >= 11 is 0. The first-order chi connectivity index (χ1) is 15.2. The fraction of sp³-hybridized carbons (Fsp3) is 0.364. The van der Waals surface area contributed by atoms with Crippen molar-refractivity contribution in [3.8, 4) is 11.4 Å². The van der Waals surface area contributed by atoms with Crippen LogP contribution >= 0.6 is 0 Å². The topological polar surface area (TPSA) is 114 Å². The highest BCUT2D eigenvalue weighted by molar-refractivity contribution is 5.94. The van der Waals surface area contributed by atoms with Gasteiger partial charge >= 0.3 is 0 Å². The van der Waals surface area contributed by atoms with Crippen molar-refractivity contribution in [2.75, 3.05) is 19.6 Å². The summed E-state index contributed by atoms with van der Waals surface area (Å²) in [6.45, 7) is 1.45. The zero-order valence-electron chi connectivity index (χ0n) is 17.1. The van der Waals surface area contributed by atoms with Crippen LogP contribution in [0.1, 0.15) is 47.8 Å². The van der Waals surface area contributed by atoms with E-state index in [0.717, 1.165) is 18.4 Å². The van der Waals surface area contributed by atoms with Crippen LogP contribution in [-0.4, -0.2) is 56.5 Å². The van der Waals surface area contributed by atoms with Gasteiger partial charge in [-0.15, -0.1) is 0 Å². The second-order valence-corrected chi connectivity index (χ2v) is 7.45. The normalized spacial score (nSPS) is 18.1. The first-order valence-corrected chi connectivity index (χ1v) is 10.4. The third-order valence-electron chi connectivity index (χ3n) is 5.33. The van der Waals surface area contributed by atoms with Gasteiger partial charge in [-0.1, -0.05) is 5.16 Å². The number of pyridine rings is 2. The number of nitrogens with zero attached hydrogens (tertiary/aromatic N) is 5. The van der Waals surface area contributed by atoms with Crippen LogP contribution in [0.5, 0.6) is 0 Å². The van der Waals surface area contributed by atoms with E-state index >= 15 is 0 Å². The zero-order valence-corrected chi connectivity index (χ0v) is 17.1. The summed E-state index contributed by atoms with van der Waals surface area (Å²) in [6, 6.07) is 7.08. The summed E-state index contributed by atoms with van der Waals surface area (Å²) in [7, 11) is 0. The van der Waals surface area contributed by atoms with Crippen LogP contribution < -0.4 is 5.32 Å². The summed E-state index contributed by atoms with van der Waals surface area (Å²) in [4.78, 5) is 39.5. The maximum atomic E-state index is 12.9. The molecule has 0 radical (unpaired) electrons. The minimum atomic E-state index is -0.0948. The molecule has 2 amide bonds. The molecular formula is C22H24N6O3. The van der Waals surface area contributed by atoms with Crippen molar-refractivity contribution in [1.82, 2.24) is 30.3 Å². The van der Waals surface area contributed by atoms with Gasteiger partial charge in [0.15, 0.2) is 0 Å². The molecule has 4 rings (SSSR count). The molecule has 31 heavy (non-hydrogen) atoms. The lowest BCUT2D eigenvalue weighted by atomic mass is 9.99. The van der Waals surface area contributed by atoms with Gasteiger partial charge < -0.3 is 14.7 Å². The number of nitrogens with one attached hydrogen (secondary N) is 1. The van der Waals surface area contributed by atoms with Gasteiger partial charge in [-0.05, 0) is 43.5 Å². The summed E-state index contributed by atoms with van der Waals surface area (Å²) in [6.07, 6.45) is 9.07. The van der Waals surface area contributed by atoms with E-state index in [2.05, 4.69) is 25.4 Å². The van der Waals surface area contributed by atoms with Gasteiger partial charge in [0.2, 0.25) is 17.6 Å². The van der Waals surface area contributed by atoms with Crippen LogP contribution in [0.4, 0.5) is 0 Å². The lowest BCUT2D eigenvalue weighted by Gasteiger charge is -2.22. The van der Waals surface area contributed by atoms with Gasteiger partial charge in [-0.3, -0.25) is 19.6 Å². The minimum absolute atomic E-state index is 0.00537. The quantitative estimate of drug-likeness (QED) is 0.692. The van der Waals surface area contributed by atoms with Gasteiger partial charge in [-0.2, -0.15) is 4.98 Å². The minimum Gasteiger partial charge on any atom is -0.356 e. The zero-order chi connectivity index (χ0) is 21.5. The Hall–Kier alpha value is -3.62. The molecule has 0 spiro atoms. The van der Waals surface area contributed by atoms with E-state index in [1.54, 1.807) is 41.8 Å². The van der Waals surface area contributed by atoms with E-state index in [9.17, 15) is 9.59 Å². The molecule has 1 aliphatic heterocycles. The first kappa shape index (κ1) is 20.6. The second-order valence-electron chi connectivity index (χ2n) is 7.45. The molecule has 9 heteroatoms. The average Bonchev–Trinajstić information content (AvgIpc) is 3.29. The molecule has 1 N–H and O–H groups in total. The first-order valence-electron chi connectivity index (χ1n) is 10.4. The van der Waals surface area contributed by atoms with Gasteiger partial charge in [0.05, 0.1) is 0 Å². The molecule has 1 aliphatic rings. The fourth-order valence-electron chi connectivity index (χ4n) is 3.64. The molecule has 1 saturated heterocycles. The predicted octanol–water partition coefficient (Wildman–Crippen LogP) is 2.44. The Balaban J connectivity index is 1.47. The third kappa shape index (κ3) is 5.30. The summed E-state index contributed by atoms with van der Waals surface area (Å²) < 4.78 is 5.54. The lowest BCUT2D eigenvalue weighted by molar-refractivity contribution is -0.121. The smallest absolute Gasteiger partial charge is 0.253 e. The van der Waals surface area contributed by atoms with Crippen LogP contribution in [0.3, 0.4) is 0 Å². The highest BCUT2D eigenvalue weighted by atomic mass is 16.5. The van der Waals surface area contributed by atoms with Crippen molar-refractivity contribution in [2.45, 2.75) is 31.6 Å². The Bertz CT molecular complexity index is 1010. The number of carbonyl (C=O) groups is 2. The van der Waals surface area contributed by atoms with Crippen molar-refractivity contribution in [2.24, 2.45) is 0 Å². The lowest BCUT2D eigenvalue weighted by Crippen LogP contribution is -2.35. The highest BCUT2D eigenvalue weighted by Crippen LogP contribution is 2.26. The van der Waals surface area contributed by atoms with Crippen LogP contribution in [-0.2, 0) is 4.79 Å². The third-order valence-corrected chi connectivity index (χ3v) is 5.33. The number of hydrogen-bond acceptors (Lipinski definition) is 7. The Labute approximate surface area is 179 Å². The Morgan fingerprint density at radius 3 is 2.77 bits per heavy atom. The fourth-order valence-corrected chi connectivity index (χ4v) is 3.64. The highest BCUT2D eigenvalue weighted by Gasteiger charge is 2.23. The van der Waals surface area contributed by atoms with Crippen molar-refractivity contribution in [1.29, 1.82) is 0 Å². The number of hydrogen-bond donors (Lipinski definition) is 1. The number of rotatable bonds is 3. The maximum absolute atomic E-state index is 12.9. The molecule has 0 saturated carbocycles. The molecule has 3 aromatic rings. The van der Waals surface area contributed by atoms with Crippen LogP contribution in [0.2, 0.25) is 0 Å². The van der Waals surface area contributed by atoms with E-state index in [1.165, 1.54) is 0 Å². The van der Waals surface area contributed by atoms with E-state index in [0.29, 0.717) is 43.3 Å². The van der Waals surface area contributed by atoms with Crippen molar-refractivity contribution < 1.29 is 14.1 Å². The van der Waals surface area contributed by atoms with Crippen LogP contribution in [0.15, 0.2) is 53.6 Å². The molecule has 4 heterocycles. The maximum Gasteiger partial charge on any atom is 0.253 e. The molecule has 0 bridgehead atoms. The monoisotopic (exact) mass is 420 g/mol. The summed E-state index contributed by atoms with van der Waals surface area (Å²) in [5.74, 6) is 0.863. The average molecular weight is 420 g/mol. The van der Waals surface area contributed by atoms with Crippen molar-refractivity contribution in [3.63, 3.8) is 0 Å². The van der Waals surface area contributed by atoms with E-state index in [-0.39, 0.29) is 24.2 Å². The standard InChI is InChI=1S/C22H24N6O3/c29-19-8-14-28(22(30)17-5-10-23-11-6-17)13-2-4-16(7-12-25-19)21-26-20(27-31-21)18-3-1-9-24-15-18/h1,3,5-6,9-11,15-16H,2,4,7-8,12-14H2,(H,25,29). The molecule has 0 aromatic carbocycles. The van der Waals surface area contributed by atoms with Crippen molar-refractivity contribution in [3.05, 3.63) is 60.5 Å². The molecule has 3 aromatic heterocycles. The molecule has 9 nitrogen and oxygen atoms in total. The Kier molecular flexibility index (Phi) is 6.61. The number of aromatic nitrogens is 4.